The summed E-state index contributed by atoms with van der Waals surface area (Å²) in [5, 5.41) is 22.9. The van der Waals surface area contributed by atoms with Crippen molar-refractivity contribution in [2.75, 3.05) is 0 Å². The average molecular weight is 302 g/mol. The van der Waals surface area contributed by atoms with Crippen LogP contribution in [0.2, 0.25) is 0 Å². The van der Waals surface area contributed by atoms with Crippen LogP contribution in [0.5, 0.6) is 0 Å². The summed E-state index contributed by atoms with van der Waals surface area (Å²) >= 11 is 0. The second kappa shape index (κ2) is 4.38. The number of benzene rings is 3. The molecule has 5 aromatic rings. The van der Waals surface area contributed by atoms with Crippen molar-refractivity contribution in [3.63, 3.8) is 0 Å². The number of para-hydroxylation sites is 1. The Morgan fingerprint density at radius 1 is 0.609 bits per heavy atom. The monoisotopic (exact) mass is 302 g/mol. The van der Waals surface area contributed by atoms with E-state index < -0.39 is 7.12 Å². The topological polar surface area (TPSA) is 66.7 Å². The Bertz CT molecular complexity index is 1200. The molecule has 110 valence electrons. The molecule has 0 spiro atoms. The lowest BCUT2D eigenvalue weighted by atomic mass is 9.77. The first-order chi connectivity index (χ1) is 11.2. The molecule has 3 aromatic carbocycles. The average Bonchev–Trinajstić information content (AvgIpc) is 3.11. The van der Waals surface area contributed by atoms with Crippen LogP contribution in [0.15, 0.2) is 63.4 Å². The van der Waals surface area contributed by atoms with Crippen molar-refractivity contribution in [2.24, 2.45) is 0 Å². The largest absolute Gasteiger partial charge is 0.489 e. The lowest BCUT2D eigenvalue weighted by molar-refractivity contribution is 0.426. The molecule has 0 bridgehead atoms. The zero-order valence-corrected chi connectivity index (χ0v) is 12.0. The molecule has 5 rings (SSSR count). The normalized spacial score (nSPS) is 11.9. The van der Waals surface area contributed by atoms with Crippen LogP contribution in [0.4, 0.5) is 0 Å². The van der Waals surface area contributed by atoms with Crippen LogP contribution >= 0.6 is 0 Å². The third-order valence-corrected chi connectivity index (χ3v) is 4.31. The van der Waals surface area contributed by atoms with E-state index in [0.29, 0.717) is 16.6 Å². The molecule has 0 aliphatic heterocycles. The summed E-state index contributed by atoms with van der Waals surface area (Å²) in [7, 11) is -1.56. The molecule has 2 aromatic heterocycles. The Balaban J connectivity index is 2.13. The Labute approximate surface area is 130 Å². The quantitative estimate of drug-likeness (QED) is 0.467. The van der Waals surface area contributed by atoms with Gasteiger partial charge in [0, 0.05) is 21.5 Å². The van der Waals surface area contributed by atoms with Gasteiger partial charge in [-0.1, -0.05) is 30.3 Å². The van der Waals surface area contributed by atoms with Gasteiger partial charge in [0.15, 0.2) is 0 Å². The lowest BCUT2D eigenvalue weighted by Crippen LogP contribution is -2.30. The number of furan rings is 2. The molecule has 0 saturated carbocycles. The Morgan fingerprint density at radius 3 is 2.09 bits per heavy atom. The molecule has 0 atom stereocenters. The fourth-order valence-corrected chi connectivity index (χ4v) is 3.37. The predicted molar refractivity (Wildman–Crippen MR) is 90.8 cm³/mol. The van der Waals surface area contributed by atoms with E-state index in [2.05, 4.69) is 0 Å². The highest BCUT2D eigenvalue weighted by molar-refractivity contribution is 6.63. The molecule has 0 saturated heterocycles. The van der Waals surface area contributed by atoms with Gasteiger partial charge in [-0.2, -0.15) is 0 Å². The van der Waals surface area contributed by atoms with Crippen molar-refractivity contribution >= 4 is 56.5 Å². The SMILES string of the molecule is OB(O)c1cccc2oc3ccc4oc5ccccc5c4c3c12. The third kappa shape index (κ3) is 1.63. The molecule has 0 unspecified atom stereocenters. The summed E-state index contributed by atoms with van der Waals surface area (Å²) < 4.78 is 11.8. The molecule has 23 heavy (non-hydrogen) atoms. The van der Waals surface area contributed by atoms with E-state index in [1.54, 1.807) is 12.1 Å². The van der Waals surface area contributed by atoms with Gasteiger partial charge in [-0.25, -0.2) is 0 Å². The van der Waals surface area contributed by atoms with Crippen LogP contribution in [0.3, 0.4) is 0 Å². The maximum Gasteiger partial charge on any atom is 0.489 e. The summed E-state index contributed by atoms with van der Waals surface area (Å²) in [6.07, 6.45) is 0. The van der Waals surface area contributed by atoms with Crippen molar-refractivity contribution in [1.82, 2.24) is 0 Å². The first-order valence-electron chi connectivity index (χ1n) is 7.35. The van der Waals surface area contributed by atoms with E-state index in [0.717, 1.165) is 32.7 Å². The molecule has 2 N–H and O–H groups in total. The van der Waals surface area contributed by atoms with Crippen molar-refractivity contribution in [1.29, 1.82) is 0 Å². The Kier molecular flexibility index (Phi) is 2.43. The maximum atomic E-state index is 9.73. The fourth-order valence-electron chi connectivity index (χ4n) is 3.37. The molecule has 0 radical (unpaired) electrons. The van der Waals surface area contributed by atoms with Crippen molar-refractivity contribution in [3.05, 3.63) is 54.6 Å². The van der Waals surface area contributed by atoms with Gasteiger partial charge in [-0.15, -0.1) is 0 Å². The van der Waals surface area contributed by atoms with Gasteiger partial charge < -0.3 is 18.9 Å². The highest BCUT2D eigenvalue weighted by Gasteiger charge is 2.22. The zero-order valence-electron chi connectivity index (χ0n) is 12.0. The van der Waals surface area contributed by atoms with Crippen molar-refractivity contribution in [2.45, 2.75) is 0 Å². The minimum absolute atomic E-state index is 0.430. The third-order valence-electron chi connectivity index (χ3n) is 4.31. The van der Waals surface area contributed by atoms with Gasteiger partial charge in [0.2, 0.25) is 0 Å². The Hall–Kier alpha value is -2.76. The smallest absolute Gasteiger partial charge is 0.456 e. The van der Waals surface area contributed by atoms with E-state index in [1.165, 1.54) is 0 Å². The molecule has 0 amide bonds. The Morgan fingerprint density at radius 2 is 1.26 bits per heavy atom. The van der Waals surface area contributed by atoms with Crippen LogP contribution in [-0.2, 0) is 0 Å². The van der Waals surface area contributed by atoms with Crippen LogP contribution in [0.25, 0.3) is 43.9 Å². The first kappa shape index (κ1) is 12.8. The fraction of sp³-hybridized carbons (Fsp3) is 0. The maximum absolute atomic E-state index is 9.73. The van der Waals surface area contributed by atoms with E-state index in [4.69, 9.17) is 8.83 Å². The summed E-state index contributed by atoms with van der Waals surface area (Å²) in [6, 6.07) is 16.8. The van der Waals surface area contributed by atoms with Gasteiger partial charge in [-0.05, 0) is 29.7 Å². The van der Waals surface area contributed by atoms with Crippen LogP contribution < -0.4 is 5.46 Å². The van der Waals surface area contributed by atoms with Gasteiger partial charge in [0.1, 0.15) is 22.3 Å². The molecule has 5 heteroatoms. The van der Waals surface area contributed by atoms with E-state index >= 15 is 0 Å². The minimum atomic E-state index is -1.56. The summed E-state index contributed by atoms with van der Waals surface area (Å²) in [6.45, 7) is 0. The standard InChI is InChI=1S/C18H11BO4/c20-19(21)11-5-3-7-13-17(11)18-15(23-13)9-8-14-16(18)10-4-1-2-6-12(10)22-14/h1-9,20-21H. The van der Waals surface area contributed by atoms with Gasteiger partial charge >= 0.3 is 7.12 Å². The van der Waals surface area contributed by atoms with Gasteiger partial charge in [0.25, 0.3) is 0 Å². The van der Waals surface area contributed by atoms with E-state index in [9.17, 15) is 10.0 Å². The summed E-state index contributed by atoms with van der Waals surface area (Å²) in [4.78, 5) is 0. The van der Waals surface area contributed by atoms with E-state index in [1.807, 2.05) is 42.5 Å². The second-order valence-corrected chi connectivity index (χ2v) is 5.61. The van der Waals surface area contributed by atoms with Crippen LogP contribution in [0.1, 0.15) is 0 Å². The number of rotatable bonds is 1. The first-order valence-corrected chi connectivity index (χ1v) is 7.35. The van der Waals surface area contributed by atoms with Gasteiger partial charge in [-0.3, -0.25) is 0 Å². The number of hydrogen-bond acceptors (Lipinski definition) is 4. The summed E-state index contributed by atoms with van der Waals surface area (Å²) in [5.41, 5.74) is 3.31. The van der Waals surface area contributed by atoms with Crippen LogP contribution in [-0.4, -0.2) is 17.2 Å². The van der Waals surface area contributed by atoms with Crippen LogP contribution in [0, 0.1) is 0 Å². The minimum Gasteiger partial charge on any atom is -0.456 e. The number of hydrogen-bond donors (Lipinski definition) is 2. The summed E-state index contributed by atoms with van der Waals surface area (Å²) in [5.74, 6) is 0. The van der Waals surface area contributed by atoms with E-state index in [-0.39, 0.29) is 0 Å². The highest BCUT2D eigenvalue weighted by Crippen LogP contribution is 2.39. The molecule has 2 heterocycles. The molecule has 0 aliphatic carbocycles. The zero-order chi connectivity index (χ0) is 15.6. The molecule has 4 nitrogen and oxygen atoms in total. The second-order valence-electron chi connectivity index (χ2n) is 5.61. The highest BCUT2D eigenvalue weighted by atomic mass is 16.4. The number of fused-ring (bicyclic) bond motifs is 7. The molecule has 0 aliphatic rings. The lowest BCUT2D eigenvalue weighted by Gasteiger charge is -2.01. The van der Waals surface area contributed by atoms with Gasteiger partial charge in [0.05, 0.1) is 0 Å². The predicted octanol–water partition coefficient (Wildman–Crippen LogP) is 3.17. The molecule has 0 fully saturated rings. The van der Waals surface area contributed by atoms with Crippen molar-refractivity contribution in [3.8, 4) is 0 Å². The van der Waals surface area contributed by atoms with Crippen molar-refractivity contribution < 1.29 is 18.9 Å². The molecular formula is C18H11BO4. The molecular weight excluding hydrogens is 291 g/mol.